The lowest BCUT2D eigenvalue weighted by Gasteiger charge is -2.37. The largest absolute Gasteiger partial charge is 0.506 e. The molecule has 2 unspecified atom stereocenters. The van der Waals surface area contributed by atoms with Gasteiger partial charge in [-0.15, -0.1) is 0 Å². The number of amides is 1. The first-order valence-electron chi connectivity index (χ1n) is 7.32. The predicted molar refractivity (Wildman–Crippen MR) is 79.2 cm³/mol. The highest BCUT2D eigenvalue weighted by molar-refractivity contribution is 5.80. The molecule has 3 rings (SSSR count). The van der Waals surface area contributed by atoms with Gasteiger partial charge >= 0.3 is 0 Å². The first-order chi connectivity index (χ1) is 10.2. The monoisotopic (exact) mass is 291 g/mol. The highest BCUT2D eigenvalue weighted by Crippen LogP contribution is 2.27. The molecule has 0 saturated carbocycles. The molecule has 2 aliphatic heterocycles. The zero-order chi connectivity index (χ0) is 14.8. The van der Waals surface area contributed by atoms with Crippen LogP contribution in [-0.2, 0) is 9.53 Å². The third-order valence-corrected chi connectivity index (χ3v) is 4.26. The van der Waals surface area contributed by atoms with E-state index in [9.17, 15) is 9.90 Å². The number of rotatable bonds is 2. The van der Waals surface area contributed by atoms with Crippen molar-refractivity contribution >= 4 is 11.6 Å². The van der Waals surface area contributed by atoms with E-state index >= 15 is 0 Å². The van der Waals surface area contributed by atoms with Gasteiger partial charge in [-0.2, -0.15) is 0 Å². The normalized spacial score (nSPS) is 26.1. The number of para-hydroxylation sites is 2. The molecule has 2 saturated heterocycles. The van der Waals surface area contributed by atoms with Gasteiger partial charge in [0, 0.05) is 32.2 Å². The van der Waals surface area contributed by atoms with Gasteiger partial charge in [0.2, 0.25) is 5.91 Å². The van der Waals surface area contributed by atoms with Crippen molar-refractivity contribution < 1.29 is 14.6 Å². The van der Waals surface area contributed by atoms with E-state index in [1.54, 1.807) is 12.1 Å². The highest BCUT2D eigenvalue weighted by atomic mass is 16.5. The molecule has 1 amide bonds. The lowest BCUT2D eigenvalue weighted by molar-refractivity contribution is -0.136. The number of hydrogen-bond donors (Lipinski definition) is 2. The number of carbonyl (C=O) groups excluding carboxylic acids is 1. The van der Waals surface area contributed by atoms with E-state index in [0.717, 1.165) is 5.69 Å². The molecule has 1 aromatic carbocycles. The van der Waals surface area contributed by atoms with Gasteiger partial charge < -0.3 is 25.4 Å². The molecule has 1 aromatic rings. The molecule has 2 atom stereocenters. The molecule has 114 valence electrons. The number of ether oxygens (including phenoxy) is 1. The van der Waals surface area contributed by atoms with E-state index in [-0.39, 0.29) is 23.6 Å². The minimum Gasteiger partial charge on any atom is -0.506 e. The standard InChI is InChI=1S/C15H21N3O3/c16-12-10-21-9-11(12)15(20)18-7-5-17(6-8-18)13-3-1-2-4-14(13)19/h1-4,11-12,19H,5-10,16H2. The van der Waals surface area contributed by atoms with Crippen molar-refractivity contribution in [2.24, 2.45) is 11.7 Å². The summed E-state index contributed by atoms with van der Waals surface area (Å²) in [5.74, 6) is 0.169. The van der Waals surface area contributed by atoms with Gasteiger partial charge in [0.15, 0.2) is 0 Å². The Kier molecular flexibility index (Phi) is 3.98. The van der Waals surface area contributed by atoms with Crippen molar-refractivity contribution in [3.63, 3.8) is 0 Å². The van der Waals surface area contributed by atoms with Crippen molar-refractivity contribution in [2.75, 3.05) is 44.3 Å². The molecule has 0 bridgehead atoms. The number of phenolic OH excluding ortho intramolecular Hbond substituents is 1. The molecule has 2 aliphatic rings. The van der Waals surface area contributed by atoms with Gasteiger partial charge in [0.05, 0.1) is 24.8 Å². The molecule has 6 heteroatoms. The van der Waals surface area contributed by atoms with Crippen LogP contribution >= 0.6 is 0 Å². The quantitative estimate of drug-likeness (QED) is 0.803. The number of benzene rings is 1. The average molecular weight is 291 g/mol. The average Bonchev–Trinajstić information content (AvgIpc) is 2.93. The van der Waals surface area contributed by atoms with Crippen LogP contribution in [0.4, 0.5) is 5.69 Å². The maximum Gasteiger partial charge on any atom is 0.229 e. The Morgan fingerprint density at radius 3 is 2.52 bits per heavy atom. The third-order valence-electron chi connectivity index (χ3n) is 4.26. The first-order valence-corrected chi connectivity index (χ1v) is 7.32. The summed E-state index contributed by atoms with van der Waals surface area (Å²) in [6.45, 7) is 3.62. The smallest absolute Gasteiger partial charge is 0.229 e. The van der Waals surface area contributed by atoms with Crippen LogP contribution in [0.1, 0.15) is 0 Å². The Morgan fingerprint density at radius 1 is 1.19 bits per heavy atom. The molecule has 21 heavy (non-hydrogen) atoms. The number of hydrogen-bond acceptors (Lipinski definition) is 5. The van der Waals surface area contributed by atoms with Gasteiger partial charge in [0.25, 0.3) is 0 Å². The number of aromatic hydroxyl groups is 1. The van der Waals surface area contributed by atoms with Crippen molar-refractivity contribution in [1.82, 2.24) is 4.90 Å². The van der Waals surface area contributed by atoms with Gasteiger partial charge in [-0.05, 0) is 12.1 Å². The summed E-state index contributed by atoms with van der Waals surface area (Å²) in [6, 6.07) is 7.10. The molecule has 2 fully saturated rings. The Labute approximate surface area is 124 Å². The maximum absolute atomic E-state index is 12.4. The van der Waals surface area contributed by atoms with E-state index in [2.05, 4.69) is 4.90 Å². The molecule has 2 heterocycles. The van der Waals surface area contributed by atoms with Crippen LogP contribution in [0.3, 0.4) is 0 Å². The zero-order valence-electron chi connectivity index (χ0n) is 11.9. The van der Waals surface area contributed by atoms with E-state index < -0.39 is 0 Å². The third kappa shape index (κ3) is 2.82. The van der Waals surface area contributed by atoms with Crippen LogP contribution in [0.25, 0.3) is 0 Å². The molecule has 0 radical (unpaired) electrons. The fraction of sp³-hybridized carbons (Fsp3) is 0.533. The van der Waals surface area contributed by atoms with Crippen molar-refractivity contribution in [1.29, 1.82) is 0 Å². The summed E-state index contributed by atoms with van der Waals surface area (Å²) in [7, 11) is 0. The fourth-order valence-electron chi connectivity index (χ4n) is 2.96. The van der Waals surface area contributed by atoms with Gasteiger partial charge in [-0.25, -0.2) is 0 Å². The second kappa shape index (κ2) is 5.91. The van der Waals surface area contributed by atoms with Crippen LogP contribution in [-0.4, -0.2) is 61.3 Å². The second-order valence-electron chi connectivity index (χ2n) is 5.61. The lowest BCUT2D eigenvalue weighted by atomic mass is 10.0. The van der Waals surface area contributed by atoms with Crippen molar-refractivity contribution in [3.8, 4) is 5.75 Å². The molecule has 0 spiro atoms. The predicted octanol–water partition coefficient (Wildman–Crippen LogP) is 0.0145. The summed E-state index contributed by atoms with van der Waals surface area (Å²) in [5, 5.41) is 9.89. The van der Waals surface area contributed by atoms with E-state index in [0.29, 0.717) is 39.4 Å². The summed E-state index contributed by atoms with van der Waals surface area (Å²) in [6.07, 6.45) is 0. The number of piperazine rings is 1. The molecule has 6 nitrogen and oxygen atoms in total. The van der Waals surface area contributed by atoms with Crippen LogP contribution < -0.4 is 10.6 Å². The van der Waals surface area contributed by atoms with Crippen molar-refractivity contribution in [3.05, 3.63) is 24.3 Å². The number of phenols is 1. The second-order valence-corrected chi connectivity index (χ2v) is 5.61. The molecular weight excluding hydrogens is 270 g/mol. The summed E-state index contributed by atoms with van der Waals surface area (Å²) < 4.78 is 5.27. The van der Waals surface area contributed by atoms with Crippen LogP contribution in [0, 0.1) is 5.92 Å². The minimum absolute atomic E-state index is 0.0944. The highest BCUT2D eigenvalue weighted by Gasteiger charge is 2.35. The summed E-state index contributed by atoms with van der Waals surface area (Å²) >= 11 is 0. The number of carbonyl (C=O) groups is 1. The summed E-state index contributed by atoms with van der Waals surface area (Å²) in [4.78, 5) is 16.4. The Bertz CT molecular complexity index is 515. The fourth-order valence-corrected chi connectivity index (χ4v) is 2.96. The molecule has 0 aliphatic carbocycles. The topological polar surface area (TPSA) is 79.0 Å². The van der Waals surface area contributed by atoms with E-state index in [1.807, 2.05) is 17.0 Å². The lowest BCUT2D eigenvalue weighted by Crippen LogP contribution is -2.52. The Hall–Kier alpha value is -1.79. The van der Waals surface area contributed by atoms with Gasteiger partial charge in [-0.1, -0.05) is 12.1 Å². The van der Waals surface area contributed by atoms with Crippen molar-refractivity contribution in [2.45, 2.75) is 6.04 Å². The summed E-state index contributed by atoms with van der Waals surface area (Å²) in [5.41, 5.74) is 6.73. The number of nitrogens with zero attached hydrogens (tertiary/aromatic N) is 2. The van der Waals surface area contributed by atoms with Gasteiger partial charge in [0.1, 0.15) is 5.75 Å². The molecular formula is C15H21N3O3. The maximum atomic E-state index is 12.4. The van der Waals surface area contributed by atoms with E-state index in [4.69, 9.17) is 10.5 Å². The Morgan fingerprint density at radius 2 is 1.90 bits per heavy atom. The first kappa shape index (κ1) is 14.2. The number of nitrogens with two attached hydrogens (primary N) is 1. The van der Waals surface area contributed by atoms with Gasteiger partial charge in [-0.3, -0.25) is 4.79 Å². The molecule has 3 N–H and O–H groups in total. The molecule has 0 aromatic heterocycles. The number of anilines is 1. The Balaban J connectivity index is 1.60. The zero-order valence-corrected chi connectivity index (χ0v) is 11.9. The van der Waals surface area contributed by atoms with Crippen LogP contribution in [0.15, 0.2) is 24.3 Å². The van der Waals surface area contributed by atoms with Crippen LogP contribution in [0.2, 0.25) is 0 Å². The van der Waals surface area contributed by atoms with Crippen LogP contribution in [0.5, 0.6) is 5.75 Å². The van der Waals surface area contributed by atoms with E-state index in [1.165, 1.54) is 0 Å². The minimum atomic E-state index is -0.207. The SMILES string of the molecule is NC1COCC1C(=O)N1CCN(c2ccccc2O)CC1.